The van der Waals surface area contributed by atoms with Gasteiger partial charge < -0.3 is 9.84 Å². The number of aromatic nitrogens is 1. The summed E-state index contributed by atoms with van der Waals surface area (Å²) in [7, 11) is 0. The lowest BCUT2D eigenvalue weighted by molar-refractivity contribution is 0.0929. The highest BCUT2D eigenvalue weighted by Gasteiger charge is 2.24. The summed E-state index contributed by atoms with van der Waals surface area (Å²) in [6.07, 6.45) is 2.42. The lowest BCUT2D eigenvalue weighted by Crippen LogP contribution is -2.36. The van der Waals surface area contributed by atoms with Crippen LogP contribution in [0.3, 0.4) is 0 Å². The Hall–Kier alpha value is -2.92. The minimum absolute atomic E-state index is 0.179. The van der Waals surface area contributed by atoms with Crippen molar-refractivity contribution in [3.8, 4) is 11.3 Å². The molecule has 0 bridgehead atoms. The molecular weight excluding hydrogens is 338 g/mol. The zero-order chi connectivity index (χ0) is 18.5. The largest absolute Gasteiger partial charge is 0.355 e. The highest BCUT2D eigenvalue weighted by molar-refractivity contribution is 5.93. The SMILES string of the molecule is O=C(NCC(c1ccccc1)N1CCCC1)c1cc(-c2ccccc2)on1. The molecule has 0 radical (unpaired) electrons. The van der Waals surface area contributed by atoms with E-state index in [0.717, 1.165) is 18.7 Å². The maximum absolute atomic E-state index is 12.6. The van der Waals surface area contributed by atoms with Gasteiger partial charge >= 0.3 is 0 Å². The van der Waals surface area contributed by atoms with Crippen molar-refractivity contribution in [3.05, 3.63) is 78.0 Å². The third-order valence-corrected chi connectivity index (χ3v) is 5.02. The van der Waals surface area contributed by atoms with E-state index < -0.39 is 0 Å². The molecule has 1 fully saturated rings. The summed E-state index contributed by atoms with van der Waals surface area (Å²) in [6.45, 7) is 2.69. The summed E-state index contributed by atoms with van der Waals surface area (Å²) in [5, 5.41) is 6.98. The zero-order valence-electron chi connectivity index (χ0n) is 15.2. The molecule has 1 amide bonds. The van der Waals surface area contributed by atoms with Gasteiger partial charge in [-0.1, -0.05) is 65.8 Å². The Kier molecular flexibility index (Phi) is 5.30. The van der Waals surface area contributed by atoms with E-state index in [0.29, 0.717) is 18.0 Å². The first-order chi connectivity index (χ1) is 13.3. The van der Waals surface area contributed by atoms with Crippen LogP contribution in [0.15, 0.2) is 71.3 Å². The van der Waals surface area contributed by atoms with Gasteiger partial charge in [0, 0.05) is 18.2 Å². The van der Waals surface area contributed by atoms with Crippen molar-refractivity contribution >= 4 is 5.91 Å². The van der Waals surface area contributed by atoms with E-state index in [-0.39, 0.29) is 11.9 Å². The van der Waals surface area contributed by atoms with Crippen LogP contribution >= 0.6 is 0 Å². The first kappa shape index (κ1) is 17.5. The van der Waals surface area contributed by atoms with Gasteiger partial charge in [-0.2, -0.15) is 0 Å². The van der Waals surface area contributed by atoms with Crippen molar-refractivity contribution < 1.29 is 9.32 Å². The predicted molar refractivity (Wildman–Crippen MR) is 104 cm³/mol. The number of hydrogen-bond donors (Lipinski definition) is 1. The molecule has 5 nitrogen and oxygen atoms in total. The average Bonchev–Trinajstić information content (AvgIpc) is 3.42. The molecule has 138 valence electrons. The van der Waals surface area contributed by atoms with Crippen molar-refractivity contribution in [1.29, 1.82) is 0 Å². The number of nitrogens with zero attached hydrogens (tertiary/aromatic N) is 2. The maximum Gasteiger partial charge on any atom is 0.273 e. The van der Waals surface area contributed by atoms with E-state index in [4.69, 9.17) is 4.52 Å². The summed E-state index contributed by atoms with van der Waals surface area (Å²) in [4.78, 5) is 15.0. The fourth-order valence-corrected chi connectivity index (χ4v) is 3.59. The maximum atomic E-state index is 12.6. The van der Waals surface area contributed by atoms with Crippen LogP contribution in [0.25, 0.3) is 11.3 Å². The normalized spacial score (nSPS) is 15.6. The van der Waals surface area contributed by atoms with Gasteiger partial charge in [0.25, 0.3) is 5.91 Å². The molecule has 0 aliphatic carbocycles. The Morgan fingerprint density at radius 2 is 1.70 bits per heavy atom. The number of hydrogen-bond acceptors (Lipinski definition) is 4. The summed E-state index contributed by atoms with van der Waals surface area (Å²) in [5.74, 6) is 0.390. The summed E-state index contributed by atoms with van der Waals surface area (Å²) < 4.78 is 5.34. The van der Waals surface area contributed by atoms with Gasteiger partial charge in [-0.05, 0) is 31.5 Å². The molecule has 0 saturated carbocycles. The fraction of sp³-hybridized carbons (Fsp3) is 0.273. The number of amides is 1. The zero-order valence-corrected chi connectivity index (χ0v) is 15.2. The first-order valence-corrected chi connectivity index (χ1v) is 9.40. The van der Waals surface area contributed by atoms with Gasteiger partial charge in [0.2, 0.25) is 0 Å². The monoisotopic (exact) mass is 361 g/mol. The molecule has 4 rings (SSSR count). The second-order valence-corrected chi connectivity index (χ2v) is 6.82. The Morgan fingerprint density at radius 1 is 1.04 bits per heavy atom. The molecule has 1 saturated heterocycles. The molecule has 2 heterocycles. The first-order valence-electron chi connectivity index (χ1n) is 9.40. The number of carbonyl (C=O) groups is 1. The predicted octanol–water partition coefficient (Wildman–Crippen LogP) is 3.91. The minimum atomic E-state index is -0.207. The fourth-order valence-electron chi connectivity index (χ4n) is 3.59. The molecule has 1 N–H and O–H groups in total. The topological polar surface area (TPSA) is 58.4 Å². The Balaban J connectivity index is 1.45. The molecule has 0 spiro atoms. The van der Waals surface area contributed by atoms with Crippen molar-refractivity contribution in [2.24, 2.45) is 0 Å². The molecule has 3 aromatic rings. The molecular formula is C22H23N3O2. The highest BCUT2D eigenvalue weighted by atomic mass is 16.5. The Bertz CT molecular complexity index is 871. The van der Waals surface area contributed by atoms with E-state index in [2.05, 4.69) is 27.5 Å². The van der Waals surface area contributed by atoms with Gasteiger partial charge in [-0.15, -0.1) is 0 Å². The molecule has 1 aliphatic heterocycles. The lowest BCUT2D eigenvalue weighted by Gasteiger charge is -2.28. The van der Waals surface area contributed by atoms with E-state index in [9.17, 15) is 4.79 Å². The quantitative estimate of drug-likeness (QED) is 0.723. The number of likely N-dealkylation sites (tertiary alicyclic amines) is 1. The second kappa shape index (κ2) is 8.18. The van der Waals surface area contributed by atoms with Crippen LogP contribution in [0.4, 0.5) is 0 Å². The lowest BCUT2D eigenvalue weighted by atomic mass is 10.1. The number of nitrogens with one attached hydrogen (secondary N) is 1. The Labute approximate surface area is 159 Å². The van der Waals surface area contributed by atoms with Crippen LogP contribution in [-0.4, -0.2) is 35.6 Å². The van der Waals surface area contributed by atoms with Crippen LogP contribution < -0.4 is 5.32 Å². The molecule has 5 heteroatoms. The van der Waals surface area contributed by atoms with E-state index in [1.54, 1.807) is 6.07 Å². The van der Waals surface area contributed by atoms with Crippen LogP contribution in [0.1, 0.15) is 34.9 Å². The van der Waals surface area contributed by atoms with Gasteiger partial charge in [0.05, 0.1) is 6.04 Å². The Morgan fingerprint density at radius 3 is 2.41 bits per heavy atom. The van der Waals surface area contributed by atoms with Crippen LogP contribution in [0.5, 0.6) is 0 Å². The van der Waals surface area contributed by atoms with Crippen molar-refractivity contribution in [2.75, 3.05) is 19.6 Å². The van der Waals surface area contributed by atoms with Crippen molar-refractivity contribution in [1.82, 2.24) is 15.4 Å². The van der Waals surface area contributed by atoms with Crippen LogP contribution in [-0.2, 0) is 0 Å². The number of benzene rings is 2. The second-order valence-electron chi connectivity index (χ2n) is 6.82. The average molecular weight is 361 g/mol. The van der Waals surface area contributed by atoms with E-state index in [1.807, 2.05) is 48.5 Å². The van der Waals surface area contributed by atoms with E-state index >= 15 is 0 Å². The van der Waals surface area contributed by atoms with Crippen molar-refractivity contribution in [2.45, 2.75) is 18.9 Å². The van der Waals surface area contributed by atoms with Gasteiger partial charge in [0.1, 0.15) is 0 Å². The van der Waals surface area contributed by atoms with Gasteiger partial charge in [-0.25, -0.2) is 0 Å². The summed E-state index contributed by atoms with van der Waals surface area (Å²) >= 11 is 0. The molecule has 2 aromatic carbocycles. The van der Waals surface area contributed by atoms with Crippen LogP contribution in [0, 0.1) is 0 Å². The third kappa shape index (κ3) is 4.09. The van der Waals surface area contributed by atoms with Gasteiger partial charge in [0.15, 0.2) is 11.5 Å². The van der Waals surface area contributed by atoms with Gasteiger partial charge in [-0.3, -0.25) is 9.69 Å². The smallest absolute Gasteiger partial charge is 0.273 e. The van der Waals surface area contributed by atoms with Crippen molar-refractivity contribution in [3.63, 3.8) is 0 Å². The highest BCUT2D eigenvalue weighted by Crippen LogP contribution is 2.25. The minimum Gasteiger partial charge on any atom is -0.355 e. The number of carbonyl (C=O) groups excluding carboxylic acids is 1. The standard InChI is InChI=1S/C22H23N3O2/c26-22(19-15-21(27-24-19)18-11-5-2-6-12-18)23-16-20(25-13-7-8-14-25)17-9-3-1-4-10-17/h1-6,9-12,15,20H,7-8,13-14,16H2,(H,23,26). The summed E-state index contributed by atoms with van der Waals surface area (Å²) in [6, 6.07) is 21.9. The molecule has 1 atom stereocenters. The van der Waals surface area contributed by atoms with E-state index in [1.165, 1.54) is 18.4 Å². The molecule has 27 heavy (non-hydrogen) atoms. The third-order valence-electron chi connectivity index (χ3n) is 5.02. The molecule has 1 unspecified atom stereocenters. The molecule has 1 aromatic heterocycles. The van der Waals surface area contributed by atoms with Crippen LogP contribution in [0.2, 0.25) is 0 Å². The number of rotatable bonds is 6. The molecule has 1 aliphatic rings. The summed E-state index contributed by atoms with van der Waals surface area (Å²) in [5.41, 5.74) is 2.44.